The van der Waals surface area contributed by atoms with E-state index >= 15 is 0 Å². The third kappa shape index (κ3) is 3.30. The number of fused-ring (bicyclic) bond motifs is 1. The van der Waals surface area contributed by atoms with E-state index in [0.29, 0.717) is 0 Å². The van der Waals surface area contributed by atoms with Crippen molar-refractivity contribution in [3.63, 3.8) is 0 Å². The van der Waals surface area contributed by atoms with Crippen molar-refractivity contribution in [1.82, 2.24) is 15.3 Å². The van der Waals surface area contributed by atoms with E-state index in [9.17, 15) is 0 Å². The minimum Gasteiger partial charge on any atom is -0.311 e. The molecule has 0 amide bonds. The molecule has 3 nitrogen and oxygen atoms in total. The third-order valence-corrected chi connectivity index (χ3v) is 2.49. The molecule has 0 fully saturated rings. The summed E-state index contributed by atoms with van der Waals surface area (Å²) in [7, 11) is 0. The SMILES string of the molecule is CC(C)(C)c1ncc2c(n1)CNCC2.Cl.Cl. The summed E-state index contributed by atoms with van der Waals surface area (Å²) in [5, 5.41) is 3.33. The fraction of sp³-hybridized carbons (Fsp3) is 0.636. The second-order valence-electron chi connectivity index (χ2n) is 4.84. The summed E-state index contributed by atoms with van der Waals surface area (Å²) in [6, 6.07) is 0. The Balaban J connectivity index is 0.00000112. The highest BCUT2D eigenvalue weighted by atomic mass is 35.5. The Hall–Kier alpha value is -0.380. The maximum absolute atomic E-state index is 4.61. The maximum Gasteiger partial charge on any atom is 0.133 e. The second-order valence-corrected chi connectivity index (χ2v) is 4.84. The zero-order valence-corrected chi connectivity index (χ0v) is 11.5. The maximum atomic E-state index is 4.61. The zero-order valence-electron chi connectivity index (χ0n) is 9.91. The topological polar surface area (TPSA) is 37.8 Å². The van der Waals surface area contributed by atoms with Gasteiger partial charge in [0.25, 0.3) is 0 Å². The largest absolute Gasteiger partial charge is 0.311 e. The Kier molecular flexibility index (Phi) is 5.66. The van der Waals surface area contributed by atoms with Crippen LogP contribution in [0.2, 0.25) is 0 Å². The summed E-state index contributed by atoms with van der Waals surface area (Å²) in [6.45, 7) is 8.37. The van der Waals surface area contributed by atoms with E-state index in [4.69, 9.17) is 0 Å². The van der Waals surface area contributed by atoms with E-state index in [2.05, 4.69) is 36.1 Å². The van der Waals surface area contributed by atoms with Crippen molar-refractivity contribution >= 4 is 24.8 Å². The Labute approximate surface area is 109 Å². The molecule has 0 aromatic carbocycles. The molecule has 1 N–H and O–H groups in total. The lowest BCUT2D eigenvalue weighted by atomic mass is 9.95. The Morgan fingerprint density at radius 3 is 2.56 bits per heavy atom. The molecule has 1 aliphatic heterocycles. The average molecular weight is 264 g/mol. The van der Waals surface area contributed by atoms with Gasteiger partial charge in [0.15, 0.2) is 0 Å². The molecule has 0 radical (unpaired) electrons. The summed E-state index contributed by atoms with van der Waals surface area (Å²) >= 11 is 0. The molecule has 0 saturated carbocycles. The number of nitrogens with zero attached hydrogens (tertiary/aromatic N) is 2. The highest BCUT2D eigenvalue weighted by Crippen LogP contribution is 2.20. The number of nitrogens with one attached hydrogen (secondary N) is 1. The standard InChI is InChI=1S/C11H17N3.2ClH/c1-11(2,3)10-13-6-8-4-5-12-7-9(8)14-10;;/h6,12H,4-5,7H2,1-3H3;2*1H. The summed E-state index contributed by atoms with van der Waals surface area (Å²) < 4.78 is 0. The normalized spacial score (nSPS) is 14.4. The monoisotopic (exact) mass is 263 g/mol. The summed E-state index contributed by atoms with van der Waals surface area (Å²) in [6.07, 6.45) is 3.05. The van der Waals surface area contributed by atoms with Crippen LogP contribution in [0, 0.1) is 0 Å². The molecule has 0 saturated heterocycles. The van der Waals surface area contributed by atoms with E-state index in [-0.39, 0.29) is 30.2 Å². The Bertz CT molecular complexity index is 348. The van der Waals surface area contributed by atoms with Crippen molar-refractivity contribution in [2.24, 2.45) is 0 Å². The summed E-state index contributed by atoms with van der Waals surface area (Å²) in [5.74, 6) is 0.944. The molecule has 0 bridgehead atoms. The van der Waals surface area contributed by atoms with Crippen LogP contribution in [0.5, 0.6) is 0 Å². The molecule has 1 aromatic rings. The summed E-state index contributed by atoms with van der Waals surface area (Å²) in [5.41, 5.74) is 2.53. The molecular formula is C11H19Cl2N3. The van der Waals surface area contributed by atoms with Crippen LogP contribution in [0.25, 0.3) is 0 Å². The van der Waals surface area contributed by atoms with Gasteiger partial charge in [-0.05, 0) is 18.5 Å². The van der Waals surface area contributed by atoms with Crippen molar-refractivity contribution in [3.8, 4) is 0 Å². The number of halogens is 2. The van der Waals surface area contributed by atoms with Gasteiger partial charge in [-0.3, -0.25) is 0 Å². The van der Waals surface area contributed by atoms with E-state index < -0.39 is 0 Å². The minimum absolute atomic E-state index is 0. The molecular weight excluding hydrogens is 245 g/mol. The van der Waals surface area contributed by atoms with Gasteiger partial charge in [-0.25, -0.2) is 9.97 Å². The van der Waals surface area contributed by atoms with Crippen LogP contribution in [0.3, 0.4) is 0 Å². The number of aromatic nitrogens is 2. The van der Waals surface area contributed by atoms with Gasteiger partial charge >= 0.3 is 0 Å². The summed E-state index contributed by atoms with van der Waals surface area (Å²) in [4.78, 5) is 9.04. The van der Waals surface area contributed by atoms with Crippen molar-refractivity contribution in [3.05, 3.63) is 23.3 Å². The quantitative estimate of drug-likeness (QED) is 0.781. The minimum atomic E-state index is 0. The first-order chi connectivity index (χ1) is 6.57. The molecule has 5 heteroatoms. The fourth-order valence-corrected chi connectivity index (χ4v) is 1.60. The van der Waals surface area contributed by atoms with E-state index in [1.54, 1.807) is 0 Å². The highest BCUT2D eigenvalue weighted by Gasteiger charge is 2.19. The molecule has 2 heterocycles. The van der Waals surface area contributed by atoms with Crippen LogP contribution < -0.4 is 5.32 Å². The van der Waals surface area contributed by atoms with Crippen molar-refractivity contribution in [1.29, 1.82) is 0 Å². The van der Waals surface area contributed by atoms with E-state index in [1.807, 2.05) is 6.20 Å². The lowest BCUT2D eigenvalue weighted by Crippen LogP contribution is -2.27. The second kappa shape index (κ2) is 5.80. The first-order valence-corrected chi connectivity index (χ1v) is 5.13. The molecule has 0 aliphatic carbocycles. The smallest absolute Gasteiger partial charge is 0.133 e. The Morgan fingerprint density at radius 1 is 1.25 bits per heavy atom. The molecule has 1 aromatic heterocycles. The Morgan fingerprint density at radius 2 is 1.94 bits per heavy atom. The van der Waals surface area contributed by atoms with Gasteiger partial charge in [0.2, 0.25) is 0 Å². The zero-order chi connectivity index (χ0) is 10.2. The highest BCUT2D eigenvalue weighted by molar-refractivity contribution is 5.85. The van der Waals surface area contributed by atoms with E-state index in [0.717, 1.165) is 25.3 Å². The van der Waals surface area contributed by atoms with Gasteiger partial charge in [0.1, 0.15) is 5.82 Å². The van der Waals surface area contributed by atoms with Gasteiger partial charge in [-0.15, -0.1) is 24.8 Å². The number of hydrogen-bond acceptors (Lipinski definition) is 3. The van der Waals surface area contributed by atoms with Gasteiger partial charge in [-0.1, -0.05) is 20.8 Å². The van der Waals surface area contributed by atoms with Crippen molar-refractivity contribution in [2.45, 2.75) is 39.2 Å². The number of rotatable bonds is 0. The van der Waals surface area contributed by atoms with Crippen molar-refractivity contribution in [2.75, 3.05) is 6.54 Å². The van der Waals surface area contributed by atoms with Crippen LogP contribution in [-0.4, -0.2) is 16.5 Å². The first kappa shape index (κ1) is 15.6. The number of hydrogen-bond donors (Lipinski definition) is 1. The molecule has 92 valence electrons. The van der Waals surface area contributed by atoms with Crippen LogP contribution in [0.1, 0.15) is 37.9 Å². The third-order valence-electron chi connectivity index (χ3n) is 2.49. The lowest BCUT2D eigenvalue weighted by Gasteiger charge is -2.21. The molecule has 16 heavy (non-hydrogen) atoms. The molecule has 0 spiro atoms. The van der Waals surface area contributed by atoms with Gasteiger partial charge < -0.3 is 5.32 Å². The predicted octanol–water partition coefficient (Wildman–Crippen LogP) is 2.26. The molecule has 0 atom stereocenters. The van der Waals surface area contributed by atoms with Gasteiger partial charge in [0.05, 0.1) is 5.69 Å². The predicted molar refractivity (Wildman–Crippen MR) is 70.6 cm³/mol. The molecule has 1 aliphatic rings. The van der Waals surface area contributed by atoms with Crippen LogP contribution in [0.15, 0.2) is 6.20 Å². The fourth-order valence-electron chi connectivity index (χ4n) is 1.60. The van der Waals surface area contributed by atoms with Gasteiger partial charge in [-0.2, -0.15) is 0 Å². The molecule has 2 rings (SSSR count). The van der Waals surface area contributed by atoms with Crippen LogP contribution in [0.4, 0.5) is 0 Å². The van der Waals surface area contributed by atoms with Crippen LogP contribution in [-0.2, 0) is 18.4 Å². The first-order valence-electron chi connectivity index (χ1n) is 5.13. The lowest BCUT2D eigenvalue weighted by molar-refractivity contribution is 0.528. The molecule has 0 unspecified atom stereocenters. The van der Waals surface area contributed by atoms with E-state index in [1.165, 1.54) is 11.3 Å². The average Bonchev–Trinajstić information content (AvgIpc) is 2.16. The van der Waals surface area contributed by atoms with Gasteiger partial charge in [0, 0.05) is 18.2 Å². The van der Waals surface area contributed by atoms with Crippen LogP contribution >= 0.6 is 24.8 Å². The van der Waals surface area contributed by atoms with Crippen molar-refractivity contribution < 1.29 is 0 Å².